The van der Waals surface area contributed by atoms with E-state index in [4.69, 9.17) is 16.3 Å². The zero-order chi connectivity index (χ0) is 19.6. The van der Waals surface area contributed by atoms with Crippen molar-refractivity contribution >= 4 is 29.3 Å². The highest BCUT2D eigenvalue weighted by atomic mass is 35.5. The fraction of sp³-hybridized carbons (Fsp3) is 0.182. The Balaban J connectivity index is 1.40. The summed E-state index contributed by atoms with van der Waals surface area (Å²) in [6.45, 7) is 0.912. The largest absolute Gasteiger partial charge is 0.473 e. The minimum absolute atomic E-state index is 0.00234. The van der Waals surface area contributed by atoms with Crippen LogP contribution in [0.4, 0.5) is 0 Å². The first-order valence-electron chi connectivity index (χ1n) is 8.89. The van der Waals surface area contributed by atoms with Crippen LogP contribution in [0.25, 0.3) is 0 Å². The number of thioether (sulfide) groups is 1. The average molecular weight is 413 g/mol. The molecule has 0 aliphatic heterocycles. The Hall–Kier alpha value is -2.50. The van der Waals surface area contributed by atoms with Gasteiger partial charge in [-0.2, -0.15) is 0 Å². The van der Waals surface area contributed by atoms with Crippen LogP contribution >= 0.6 is 23.4 Å². The SMILES string of the molecule is O=C(CSCc1ccc(Cl)cc1)NCc1ccnc(OCc2ccccc2)c1. The number of carbonyl (C=O) groups is 1. The lowest BCUT2D eigenvalue weighted by molar-refractivity contribution is -0.118. The molecule has 0 saturated carbocycles. The lowest BCUT2D eigenvalue weighted by Gasteiger charge is -2.08. The predicted molar refractivity (Wildman–Crippen MR) is 114 cm³/mol. The Kier molecular flexibility index (Phi) is 7.76. The van der Waals surface area contributed by atoms with Gasteiger partial charge in [-0.15, -0.1) is 11.8 Å². The summed E-state index contributed by atoms with van der Waals surface area (Å²) >= 11 is 7.45. The van der Waals surface area contributed by atoms with Gasteiger partial charge < -0.3 is 10.1 Å². The number of nitrogens with zero attached hydrogens (tertiary/aromatic N) is 1. The van der Waals surface area contributed by atoms with E-state index in [1.807, 2.05) is 66.7 Å². The number of carbonyl (C=O) groups excluding carboxylic acids is 1. The van der Waals surface area contributed by atoms with Crippen LogP contribution in [0, 0.1) is 0 Å². The molecule has 0 radical (unpaired) electrons. The van der Waals surface area contributed by atoms with E-state index in [1.54, 1.807) is 18.0 Å². The Bertz CT molecular complexity index is 889. The zero-order valence-electron chi connectivity index (χ0n) is 15.3. The van der Waals surface area contributed by atoms with Gasteiger partial charge in [-0.05, 0) is 34.9 Å². The summed E-state index contributed by atoms with van der Waals surface area (Å²) in [6.07, 6.45) is 1.69. The van der Waals surface area contributed by atoms with Crippen LogP contribution in [0.3, 0.4) is 0 Å². The van der Waals surface area contributed by atoms with Crippen LogP contribution in [0.1, 0.15) is 16.7 Å². The first kappa shape index (κ1) is 20.2. The summed E-state index contributed by atoms with van der Waals surface area (Å²) in [6, 6.07) is 21.3. The maximum absolute atomic E-state index is 12.1. The molecule has 1 heterocycles. The molecule has 0 aliphatic rings. The van der Waals surface area contributed by atoms with Gasteiger partial charge >= 0.3 is 0 Å². The van der Waals surface area contributed by atoms with E-state index >= 15 is 0 Å². The van der Waals surface area contributed by atoms with Crippen molar-refractivity contribution in [2.45, 2.75) is 18.9 Å². The zero-order valence-corrected chi connectivity index (χ0v) is 16.9. The number of aromatic nitrogens is 1. The Morgan fingerprint density at radius 3 is 2.57 bits per heavy atom. The lowest BCUT2D eigenvalue weighted by Crippen LogP contribution is -2.24. The first-order valence-corrected chi connectivity index (χ1v) is 10.4. The molecular formula is C22H21ClN2O2S. The topological polar surface area (TPSA) is 51.2 Å². The van der Waals surface area contributed by atoms with Crippen molar-refractivity contribution in [1.82, 2.24) is 10.3 Å². The summed E-state index contributed by atoms with van der Waals surface area (Å²) in [7, 11) is 0. The highest BCUT2D eigenvalue weighted by Gasteiger charge is 2.04. The quantitative estimate of drug-likeness (QED) is 0.545. The van der Waals surface area contributed by atoms with E-state index < -0.39 is 0 Å². The van der Waals surface area contributed by atoms with Gasteiger partial charge in [-0.3, -0.25) is 4.79 Å². The Morgan fingerprint density at radius 1 is 1.00 bits per heavy atom. The molecule has 0 unspecified atom stereocenters. The monoisotopic (exact) mass is 412 g/mol. The number of benzene rings is 2. The molecule has 144 valence electrons. The molecule has 6 heteroatoms. The third-order valence-electron chi connectivity index (χ3n) is 3.93. The van der Waals surface area contributed by atoms with Gasteiger partial charge in [-0.1, -0.05) is 54.1 Å². The van der Waals surface area contributed by atoms with E-state index in [0.29, 0.717) is 24.8 Å². The highest BCUT2D eigenvalue weighted by molar-refractivity contribution is 7.99. The second kappa shape index (κ2) is 10.7. The van der Waals surface area contributed by atoms with Crippen molar-refractivity contribution in [1.29, 1.82) is 0 Å². The van der Waals surface area contributed by atoms with Crippen molar-refractivity contribution < 1.29 is 9.53 Å². The molecule has 0 saturated heterocycles. The van der Waals surface area contributed by atoms with Gasteiger partial charge in [0.25, 0.3) is 0 Å². The van der Waals surface area contributed by atoms with Crippen molar-refractivity contribution in [3.63, 3.8) is 0 Å². The van der Waals surface area contributed by atoms with E-state index in [-0.39, 0.29) is 5.91 Å². The maximum atomic E-state index is 12.1. The molecule has 0 aliphatic carbocycles. The van der Waals surface area contributed by atoms with E-state index in [2.05, 4.69) is 10.3 Å². The van der Waals surface area contributed by atoms with Crippen LogP contribution in [0.15, 0.2) is 72.9 Å². The van der Waals surface area contributed by atoms with Crippen molar-refractivity contribution in [2.24, 2.45) is 0 Å². The number of rotatable bonds is 9. The number of hydrogen-bond donors (Lipinski definition) is 1. The standard InChI is InChI=1S/C22H21ClN2O2S/c23-20-8-6-18(7-9-20)15-28-16-21(26)25-13-19-10-11-24-22(12-19)27-14-17-4-2-1-3-5-17/h1-12H,13-16H2,(H,25,26). The third kappa shape index (κ3) is 6.91. The summed E-state index contributed by atoms with van der Waals surface area (Å²) in [5.41, 5.74) is 3.19. The number of ether oxygens (including phenoxy) is 1. The fourth-order valence-corrected chi connectivity index (χ4v) is 3.41. The van der Waals surface area contributed by atoms with E-state index in [9.17, 15) is 4.79 Å². The van der Waals surface area contributed by atoms with Crippen LogP contribution in [-0.4, -0.2) is 16.6 Å². The van der Waals surface area contributed by atoms with Gasteiger partial charge in [-0.25, -0.2) is 4.98 Å². The minimum Gasteiger partial charge on any atom is -0.473 e. The Labute approximate surface area is 174 Å². The van der Waals surface area contributed by atoms with Crippen molar-refractivity contribution in [3.05, 3.63) is 94.6 Å². The summed E-state index contributed by atoms with van der Waals surface area (Å²) < 4.78 is 5.72. The molecule has 1 amide bonds. The summed E-state index contributed by atoms with van der Waals surface area (Å²) in [5, 5.41) is 3.65. The second-order valence-electron chi connectivity index (χ2n) is 6.17. The number of amides is 1. The Morgan fingerprint density at radius 2 is 1.79 bits per heavy atom. The predicted octanol–water partition coefficient (Wildman–Crippen LogP) is 4.86. The lowest BCUT2D eigenvalue weighted by atomic mass is 10.2. The molecule has 4 nitrogen and oxygen atoms in total. The van der Waals surface area contributed by atoms with Crippen LogP contribution < -0.4 is 10.1 Å². The number of nitrogens with one attached hydrogen (secondary N) is 1. The molecule has 28 heavy (non-hydrogen) atoms. The molecule has 0 atom stereocenters. The number of hydrogen-bond acceptors (Lipinski definition) is 4. The second-order valence-corrected chi connectivity index (χ2v) is 7.59. The van der Waals surface area contributed by atoms with Crippen LogP contribution in [0.5, 0.6) is 5.88 Å². The molecule has 3 rings (SSSR count). The molecule has 1 aromatic heterocycles. The molecule has 0 fully saturated rings. The van der Waals surface area contributed by atoms with Crippen LogP contribution in [-0.2, 0) is 23.7 Å². The van der Waals surface area contributed by atoms with Crippen molar-refractivity contribution in [3.8, 4) is 5.88 Å². The molecular weight excluding hydrogens is 392 g/mol. The highest BCUT2D eigenvalue weighted by Crippen LogP contribution is 2.15. The molecule has 0 bridgehead atoms. The van der Waals surface area contributed by atoms with Gasteiger partial charge in [0.2, 0.25) is 11.8 Å². The normalized spacial score (nSPS) is 10.5. The molecule has 0 spiro atoms. The van der Waals surface area contributed by atoms with Crippen LogP contribution in [0.2, 0.25) is 5.02 Å². The first-order chi connectivity index (χ1) is 13.7. The summed E-state index contributed by atoms with van der Waals surface area (Å²) in [5.74, 6) is 1.73. The van der Waals surface area contributed by atoms with Gasteiger partial charge in [0.05, 0.1) is 5.75 Å². The molecule has 3 aromatic rings. The van der Waals surface area contributed by atoms with E-state index in [1.165, 1.54) is 0 Å². The van der Waals surface area contributed by atoms with Gasteiger partial charge in [0, 0.05) is 29.6 Å². The van der Waals surface area contributed by atoms with Gasteiger partial charge in [0.1, 0.15) is 6.61 Å². The summed E-state index contributed by atoms with van der Waals surface area (Å²) in [4.78, 5) is 16.3. The van der Waals surface area contributed by atoms with Gasteiger partial charge in [0.15, 0.2) is 0 Å². The smallest absolute Gasteiger partial charge is 0.230 e. The average Bonchev–Trinajstić information content (AvgIpc) is 2.73. The molecule has 2 aromatic carbocycles. The van der Waals surface area contributed by atoms with E-state index in [0.717, 1.165) is 27.5 Å². The molecule has 1 N–H and O–H groups in total. The minimum atomic E-state index is 0.00234. The maximum Gasteiger partial charge on any atom is 0.230 e. The number of pyridine rings is 1. The van der Waals surface area contributed by atoms with Crippen molar-refractivity contribution in [2.75, 3.05) is 5.75 Å². The fourth-order valence-electron chi connectivity index (χ4n) is 2.46. The number of halogens is 1. The third-order valence-corrected chi connectivity index (χ3v) is 5.19.